The van der Waals surface area contributed by atoms with Gasteiger partial charge in [-0.15, -0.1) is 11.3 Å². The van der Waals surface area contributed by atoms with Crippen LogP contribution in [0.2, 0.25) is 0 Å². The van der Waals surface area contributed by atoms with E-state index in [1.54, 1.807) is 13.0 Å². The number of rotatable bonds is 6. The van der Waals surface area contributed by atoms with Crippen molar-refractivity contribution in [3.8, 4) is 0 Å². The van der Waals surface area contributed by atoms with Crippen LogP contribution in [0, 0.1) is 13.8 Å². The van der Waals surface area contributed by atoms with Gasteiger partial charge >= 0.3 is 0 Å². The van der Waals surface area contributed by atoms with Crippen LogP contribution in [-0.4, -0.2) is 19.6 Å². The van der Waals surface area contributed by atoms with Gasteiger partial charge in [0.05, 0.1) is 6.10 Å². The van der Waals surface area contributed by atoms with E-state index in [1.165, 1.54) is 11.3 Å². The number of benzene rings is 1. The van der Waals surface area contributed by atoms with Crippen LogP contribution in [0.5, 0.6) is 0 Å². The lowest BCUT2D eigenvalue weighted by Crippen LogP contribution is -2.33. The summed E-state index contributed by atoms with van der Waals surface area (Å²) in [4.78, 5) is 0.998. The van der Waals surface area contributed by atoms with Gasteiger partial charge in [-0.25, -0.2) is 13.1 Å². The lowest BCUT2D eigenvalue weighted by atomic mass is 10.0. The highest BCUT2D eigenvalue weighted by Crippen LogP contribution is 2.26. The van der Waals surface area contributed by atoms with E-state index in [2.05, 4.69) is 4.72 Å². The first kappa shape index (κ1) is 17.1. The van der Waals surface area contributed by atoms with Crippen molar-refractivity contribution in [3.05, 3.63) is 52.4 Å². The lowest BCUT2D eigenvalue weighted by molar-refractivity contribution is 0.158. The van der Waals surface area contributed by atoms with Crippen molar-refractivity contribution >= 4 is 21.4 Å². The van der Waals surface area contributed by atoms with E-state index in [4.69, 9.17) is 0 Å². The van der Waals surface area contributed by atoms with Crippen LogP contribution < -0.4 is 4.72 Å². The zero-order valence-electron chi connectivity index (χ0n) is 12.9. The first-order chi connectivity index (χ1) is 10.3. The molecule has 1 heterocycles. The monoisotopic (exact) mass is 339 g/mol. The van der Waals surface area contributed by atoms with Gasteiger partial charge in [0.1, 0.15) is 4.21 Å². The molecular weight excluding hydrogens is 318 g/mol. The fourth-order valence-corrected chi connectivity index (χ4v) is 4.98. The predicted octanol–water partition coefficient (Wildman–Crippen LogP) is 3.16. The van der Waals surface area contributed by atoms with Gasteiger partial charge in [0.15, 0.2) is 0 Å². The number of aliphatic hydroxyl groups excluding tert-OH is 1. The molecule has 1 aromatic heterocycles. The van der Waals surface area contributed by atoms with Gasteiger partial charge in [-0.2, -0.15) is 0 Å². The quantitative estimate of drug-likeness (QED) is 0.849. The normalized spacial score (nSPS) is 14.7. The Labute approximate surface area is 135 Å². The molecule has 1 aromatic carbocycles. The third kappa shape index (κ3) is 4.16. The molecule has 2 unspecified atom stereocenters. The van der Waals surface area contributed by atoms with E-state index in [-0.39, 0.29) is 6.04 Å². The molecule has 2 N–H and O–H groups in total. The number of aliphatic hydroxyl groups is 1. The maximum atomic E-state index is 12.3. The van der Waals surface area contributed by atoms with Crippen molar-refractivity contribution in [1.82, 2.24) is 4.72 Å². The van der Waals surface area contributed by atoms with Crippen LogP contribution in [0.1, 0.15) is 35.5 Å². The minimum atomic E-state index is -3.53. The first-order valence-electron chi connectivity index (χ1n) is 7.12. The van der Waals surface area contributed by atoms with Crippen LogP contribution in [0.4, 0.5) is 0 Å². The summed E-state index contributed by atoms with van der Waals surface area (Å²) in [5.74, 6) is 0. The Morgan fingerprint density at radius 3 is 2.41 bits per heavy atom. The van der Waals surface area contributed by atoms with Crippen molar-refractivity contribution in [1.29, 1.82) is 0 Å². The molecule has 0 saturated carbocycles. The van der Waals surface area contributed by atoms with Crippen molar-refractivity contribution < 1.29 is 13.5 Å². The summed E-state index contributed by atoms with van der Waals surface area (Å²) in [5.41, 5.74) is 1.76. The fourth-order valence-electron chi connectivity index (χ4n) is 2.19. The number of sulfonamides is 1. The molecule has 0 amide bonds. The Morgan fingerprint density at radius 2 is 1.86 bits per heavy atom. The smallest absolute Gasteiger partial charge is 0.250 e. The molecule has 4 nitrogen and oxygen atoms in total. The second kappa shape index (κ2) is 6.91. The van der Waals surface area contributed by atoms with Gasteiger partial charge in [-0.3, -0.25) is 0 Å². The second-order valence-corrected chi connectivity index (χ2v) is 8.69. The third-order valence-corrected chi connectivity index (χ3v) is 6.74. The summed E-state index contributed by atoms with van der Waals surface area (Å²) in [6.45, 7) is 5.56. The topological polar surface area (TPSA) is 66.4 Å². The molecule has 0 spiro atoms. The summed E-state index contributed by atoms with van der Waals surface area (Å²) in [6, 6.07) is 10.6. The zero-order valence-corrected chi connectivity index (χ0v) is 14.5. The largest absolute Gasteiger partial charge is 0.388 e. The molecule has 0 saturated heterocycles. The highest BCUT2D eigenvalue weighted by Gasteiger charge is 2.22. The Balaban J connectivity index is 2.03. The van der Waals surface area contributed by atoms with E-state index in [9.17, 15) is 13.5 Å². The average molecular weight is 339 g/mol. The van der Waals surface area contributed by atoms with E-state index in [0.717, 1.165) is 16.0 Å². The Bertz CT molecular complexity index is 704. The molecule has 0 radical (unpaired) electrons. The SMILES string of the molecule is Cc1cc(S(=O)(=O)NC(C)CC(O)c2ccccc2)sc1C. The van der Waals surface area contributed by atoms with Crippen LogP contribution in [0.15, 0.2) is 40.6 Å². The molecule has 0 aliphatic heterocycles. The molecule has 120 valence electrons. The Morgan fingerprint density at radius 1 is 1.23 bits per heavy atom. The minimum absolute atomic E-state index is 0.323. The summed E-state index contributed by atoms with van der Waals surface area (Å²) in [7, 11) is -3.53. The number of nitrogens with one attached hydrogen (secondary N) is 1. The maximum absolute atomic E-state index is 12.3. The van der Waals surface area contributed by atoms with E-state index in [0.29, 0.717) is 10.6 Å². The molecule has 2 atom stereocenters. The molecule has 0 fully saturated rings. The fraction of sp³-hybridized carbons (Fsp3) is 0.375. The highest BCUT2D eigenvalue weighted by molar-refractivity contribution is 7.91. The van der Waals surface area contributed by atoms with E-state index < -0.39 is 16.1 Å². The molecule has 0 aliphatic rings. The number of hydrogen-bond acceptors (Lipinski definition) is 4. The average Bonchev–Trinajstić information content (AvgIpc) is 2.80. The van der Waals surface area contributed by atoms with Gasteiger partial charge < -0.3 is 5.11 Å². The van der Waals surface area contributed by atoms with Crippen LogP contribution in [-0.2, 0) is 10.0 Å². The molecular formula is C16H21NO3S2. The predicted molar refractivity (Wildman–Crippen MR) is 89.6 cm³/mol. The van der Waals surface area contributed by atoms with Crippen LogP contribution >= 0.6 is 11.3 Å². The third-order valence-electron chi connectivity index (χ3n) is 3.53. The highest BCUT2D eigenvalue weighted by atomic mass is 32.2. The molecule has 0 aliphatic carbocycles. The van der Waals surface area contributed by atoms with Crippen molar-refractivity contribution in [2.24, 2.45) is 0 Å². The van der Waals surface area contributed by atoms with Crippen molar-refractivity contribution in [2.45, 2.75) is 43.5 Å². The van der Waals surface area contributed by atoms with Crippen LogP contribution in [0.3, 0.4) is 0 Å². The molecule has 0 bridgehead atoms. The van der Waals surface area contributed by atoms with Gasteiger partial charge in [0.2, 0.25) is 10.0 Å². The molecule has 2 aromatic rings. The summed E-state index contributed by atoms with van der Waals surface area (Å²) >= 11 is 1.27. The lowest BCUT2D eigenvalue weighted by Gasteiger charge is -2.17. The Kier molecular flexibility index (Phi) is 5.39. The van der Waals surface area contributed by atoms with Gasteiger partial charge in [-0.05, 0) is 44.4 Å². The zero-order chi connectivity index (χ0) is 16.3. The van der Waals surface area contributed by atoms with Crippen LogP contribution in [0.25, 0.3) is 0 Å². The van der Waals surface area contributed by atoms with E-state index in [1.807, 2.05) is 44.2 Å². The second-order valence-electron chi connectivity index (χ2n) is 5.49. The maximum Gasteiger partial charge on any atom is 0.250 e. The first-order valence-corrected chi connectivity index (χ1v) is 9.42. The van der Waals surface area contributed by atoms with Gasteiger partial charge in [0.25, 0.3) is 0 Å². The summed E-state index contributed by atoms with van der Waals surface area (Å²) in [6.07, 6.45) is -0.363. The molecule has 2 rings (SSSR count). The van der Waals surface area contributed by atoms with Gasteiger partial charge in [-0.1, -0.05) is 30.3 Å². The van der Waals surface area contributed by atoms with Gasteiger partial charge in [0, 0.05) is 10.9 Å². The standard InChI is InChI=1S/C16H21NO3S2/c1-11-9-16(21-13(11)3)22(19,20)17-12(2)10-15(18)14-7-5-4-6-8-14/h4-9,12,15,17-18H,10H2,1-3H3. The number of aryl methyl sites for hydroxylation is 2. The summed E-state index contributed by atoms with van der Waals surface area (Å²) in [5, 5.41) is 10.2. The Hall–Kier alpha value is -1.21. The molecule has 6 heteroatoms. The van der Waals surface area contributed by atoms with E-state index >= 15 is 0 Å². The number of hydrogen-bond donors (Lipinski definition) is 2. The number of thiophene rings is 1. The summed E-state index contributed by atoms with van der Waals surface area (Å²) < 4.78 is 27.6. The van der Waals surface area contributed by atoms with Crippen molar-refractivity contribution in [2.75, 3.05) is 0 Å². The molecule has 22 heavy (non-hydrogen) atoms. The van der Waals surface area contributed by atoms with Crippen molar-refractivity contribution in [3.63, 3.8) is 0 Å². The minimum Gasteiger partial charge on any atom is -0.388 e.